The van der Waals surface area contributed by atoms with E-state index >= 15 is 0 Å². The second-order valence-electron chi connectivity index (χ2n) is 12.2. The minimum atomic E-state index is -0.615. The average Bonchev–Trinajstić information content (AvgIpc) is 3.49. The Bertz CT molecular complexity index is 1010. The monoisotopic (exact) mass is 500 g/mol. The third-order valence-electron chi connectivity index (χ3n) is 7.77. The number of piperidine rings is 1. The van der Waals surface area contributed by atoms with Crippen molar-refractivity contribution in [1.82, 2.24) is 4.90 Å². The number of carbonyl (C=O) groups is 2. The van der Waals surface area contributed by atoms with Crippen molar-refractivity contribution in [2.45, 2.75) is 109 Å². The van der Waals surface area contributed by atoms with Crippen molar-refractivity contribution in [1.29, 1.82) is 5.26 Å². The quantitative estimate of drug-likeness (QED) is 0.536. The highest BCUT2D eigenvalue weighted by atomic mass is 32.1. The van der Waals surface area contributed by atoms with Gasteiger partial charge in [-0.25, -0.2) is 4.79 Å². The van der Waals surface area contributed by atoms with Gasteiger partial charge in [-0.3, -0.25) is 9.69 Å². The molecule has 3 heterocycles. The fourth-order valence-corrected chi connectivity index (χ4v) is 6.39. The van der Waals surface area contributed by atoms with E-state index in [4.69, 9.17) is 14.0 Å². The Morgan fingerprint density at radius 3 is 2.49 bits per heavy atom. The van der Waals surface area contributed by atoms with E-state index in [9.17, 15) is 14.9 Å². The normalized spacial score (nSPS) is 27.7. The SMILES string of the molecule is CC(C)(C)OC(=O)N1[C@@H]2CC[C@@H](C2)[C@H]1C(=O)C[C@H](C#N)Cc1ccc(B2OC(C)(C)C(C)(C)O2)s1. The van der Waals surface area contributed by atoms with Crippen LogP contribution in [0, 0.1) is 23.2 Å². The maximum absolute atomic E-state index is 13.4. The van der Waals surface area contributed by atoms with Gasteiger partial charge in [0.1, 0.15) is 5.60 Å². The molecule has 4 rings (SSSR count). The van der Waals surface area contributed by atoms with Crippen LogP contribution in [0.25, 0.3) is 0 Å². The molecule has 2 saturated heterocycles. The van der Waals surface area contributed by atoms with Gasteiger partial charge in [-0.2, -0.15) is 5.26 Å². The first-order chi connectivity index (χ1) is 16.2. The second-order valence-corrected chi connectivity index (χ2v) is 13.4. The zero-order chi connectivity index (χ0) is 25.8. The van der Waals surface area contributed by atoms with Crippen molar-refractivity contribution >= 4 is 35.1 Å². The number of thiophene rings is 1. The summed E-state index contributed by atoms with van der Waals surface area (Å²) in [6.07, 6.45) is 2.90. The molecule has 3 aliphatic rings. The van der Waals surface area contributed by atoms with Gasteiger partial charge in [0.15, 0.2) is 5.78 Å². The molecule has 35 heavy (non-hydrogen) atoms. The number of ketones is 1. The van der Waals surface area contributed by atoms with Crippen LogP contribution in [0.5, 0.6) is 0 Å². The van der Waals surface area contributed by atoms with Crippen molar-refractivity contribution < 1.29 is 23.6 Å². The fraction of sp³-hybridized carbons (Fsp3) is 0.731. The molecule has 1 aromatic heterocycles. The number of carbonyl (C=O) groups excluding carboxylic acids is 2. The molecule has 3 fully saturated rings. The Balaban J connectivity index is 1.41. The van der Waals surface area contributed by atoms with Crippen LogP contribution in [0.3, 0.4) is 0 Å². The highest BCUT2D eigenvalue weighted by Crippen LogP contribution is 2.44. The first kappa shape index (κ1) is 26.2. The van der Waals surface area contributed by atoms with Crippen LogP contribution in [-0.2, 0) is 25.3 Å². The molecule has 0 N–H and O–H groups in total. The third-order valence-corrected chi connectivity index (χ3v) is 8.89. The Kier molecular flexibility index (Phi) is 6.89. The summed E-state index contributed by atoms with van der Waals surface area (Å²) >= 11 is 1.56. The highest BCUT2D eigenvalue weighted by molar-refractivity contribution is 7.22. The van der Waals surface area contributed by atoms with Gasteiger partial charge in [-0.15, -0.1) is 11.3 Å². The summed E-state index contributed by atoms with van der Waals surface area (Å²) in [5.74, 6) is -0.319. The van der Waals surface area contributed by atoms with Crippen molar-refractivity contribution in [3.63, 3.8) is 0 Å². The summed E-state index contributed by atoms with van der Waals surface area (Å²) in [5.41, 5.74) is -1.44. The average molecular weight is 500 g/mol. The van der Waals surface area contributed by atoms with Crippen LogP contribution < -0.4 is 4.78 Å². The molecule has 1 saturated carbocycles. The second kappa shape index (κ2) is 9.21. The van der Waals surface area contributed by atoms with E-state index in [0.29, 0.717) is 6.42 Å². The maximum Gasteiger partial charge on any atom is 0.505 e. The number of ether oxygens (including phenoxy) is 1. The molecule has 1 amide bonds. The van der Waals surface area contributed by atoms with Gasteiger partial charge in [-0.05, 0) is 86.1 Å². The summed E-state index contributed by atoms with van der Waals surface area (Å²) in [6, 6.07) is 5.88. The summed E-state index contributed by atoms with van der Waals surface area (Å²) in [5, 5.41) is 9.84. The standard InChI is InChI=1S/C26H37BN2O5S/c1-24(2,3)32-23(31)29-18-9-8-17(14-18)22(29)20(30)13-16(15-28)12-19-10-11-21(35-19)27-33-25(4,5)26(6,7)34-27/h10-11,16-18,22H,8-9,12-14H2,1-7H3/t16-,17+,18-,22+/m1/s1. The van der Waals surface area contributed by atoms with Crippen LogP contribution in [0.2, 0.25) is 0 Å². The first-order valence-corrected chi connectivity index (χ1v) is 13.4. The van der Waals surface area contributed by atoms with E-state index in [1.54, 1.807) is 16.2 Å². The van der Waals surface area contributed by atoms with E-state index in [-0.39, 0.29) is 24.2 Å². The summed E-state index contributed by atoms with van der Waals surface area (Å²) in [6.45, 7) is 13.6. The number of hydrogen-bond acceptors (Lipinski definition) is 7. The highest BCUT2D eigenvalue weighted by Gasteiger charge is 2.53. The van der Waals surface area contributed by atoms with Gasteiger partial charge in [0, 0.05) is 22.1 Å². The minimum Gasteiger partial charge on any atom is -0.444 e. The lowest BCUT2D eigenvalue weighted by molar-refractivity contribution is -0.126. The van der Waals surface area contributed by atoms with Gasteiger partial charge < -0.3 is 14.0 Å². The third kappa shape index (κ3) is 5.30. The predicted octanol–water partition coefficient (Wildman–Crippen LogP) is 4.48. The van der Waals surface area contributed by atoms with Crippen LogP contribution in [-0.4, -0.2) is 52.8 Å². The van der Waals surface area contributed by atoms with Gasteiger partial charge >= 0.3 is 13.2 Å². The number of likely N-dealkylation sites (tertiary alicyclic amines) is 1. The number of Topliss-reactive ketones (excluding diaryl/α,β-unsaturated/α-hetero) is 1. The number of hydrogen-bond donors (Lipinski definition) is 0. The van der Waals surface area contributed by atoms with Gasteiger partial charge in [0.05, 0.1) is 29.2 Å². The molecule has 2 bridgehead atoms. The summed E-state index contributed by atoms with van der Waals surface area (Å²) in [4.78, 5) is 29.0. The Hall–Kier alpha value is -1.89. The molecule has 190 valence electrons. The molecule has 0 unspecified atom stereocenters. The molecule has 1 aliphatic carbocycles. The van der Waals surface area contributed by atoms with E-state index < -0.39 is 42.0 Å². The zero-order valence-corrected chi connectivity index (χ0v) is 22.7. The molecule has 0 spiro atoms. The van der Waals surface area contributed by atoms with E-state index in [2.05, 4.69) is 6.07 Å². The number of fused-ring (bicyclic) bond motifs is 2. The number of rotatable bonds is 6. The molecule has 0 aromatic carbocycles. The predicted molar refractivity (Wildman–Crippen MR) is 135 cm³/mol. The number of amides is 1. The first-order valence-electron chi connectivity index (χ1n) is 12.6. The van der Waals surface area contributed by atoms with Crippen LogP contribution in [0.4, 0.5) is 4.79 Å². The van der Waals surface area contributed by atoms with Crippen molar-refractivity contribution in [3.8, 4) is 6.07 Å². The van der Waals surface area contributed by atoms with Gasteiger partial charge in [0.2, 0.25) is 0 Å². The summed E-state index contributed by atoms with van der Waals surface area (Å²) < 4.78 is 18.9. The lowest BCUT2D eigenvalue weighted by Gasteiger charge is -2.35. The summed E-state index contributed by atoms with van der Waals surface area (Å²) in [7, 11) is -0.433. The van der Waals surface area contributed by atoms with Crippen LogP contribution in [0.15, 0.2) is 12.1 Å². The smallest absolute Gasteiger partial charge is 0.444 e. The van der Waals surface area contributed by atoms with E-state index in [0.717, 1.165) is 28.9 Å². The molecule has 4 atom stereocenters. The molecule has 9 heteroatoms. The maximum atomic E-state index is 13.4. The van der Waals surface area contributed by atoms with Gasteiger partial charge in [0.25, 0.3) is 0 Å². The molecule has 1 aromatic rings. The lowest BCUT2D eigenvalue weighted by atomic mass is 9.88. The van der Waals surface area contributed by atoms with E-state index in [1.165, 1.54) is 0 Å². The Labute approximate surface area is 213 Å². The fourth-order valence-electron chi connectivity index (χ4n) is 5.34. The molecular formula is C26H37BN2O5S. The number of nitriles is 1. The largest absolute Gasteiger partial charge is 0.505 e. The zero-order valence-electron chi connectivity index (χ0n) is 21.9. The minimum absolute atomic E-state index is 0.0302. The molecule has 2 aliphatic heterocycles. The van der Waals surface area contributed by atoms with Crippen molar-refractivity contribution in [2.24, 2.45) is 11.8 Å². The van der Waals surface area contributed by atoms with E-state index in [1.807, 2.05) is 60.6 Å². The van der Waals surface area contributed by atoms with Gasteiger partial charge in [-0.1, -0.05) is 6.07 Å². The van der Waals surface area contributed by atoms with Crippen molar-refractivity contribution in [2.75, 3.05) is 0 Å². The topological polar surface area (TPSA) is 88.9 Å². The number of nitrogens with zero attached hydrogens (tertiary/aromatic N) is 2. The molecule has 7 nitrogen and oxygen atoms in total. The Morgan fingerprint density at radius 2 is 1.89 bits per heavy atom. The molecule has 0 radical (unpaired) electrons. The van der Waals surface area contributed by atoms with Crippen LogP contribution >= 0.6 is 11.3 Å². The van der Waals surface area contributed by atoms with Crippen molar-refractivity contribution in [3.05, 3.63) is 17.0 Å². The van der Waals surface area contributed by atoms with Crippen LogP contribution in [0.1, 0.15) is 79.0 Å². The molecular weight excluding hydrogens is 463 g/mol. The Morgan fingerprint density at radius 1 is 1.23 bits per heavy atom. The lowest BCUT2D eigenvalue weighted by Crippen LogP contribution is -2.51.